The fraction of sp³-hybridized carbons (Fsp3) is 0.0400. The van der Waals surface area contributed by atoms with Crippen molar-refractivity contribution in [2.24, 2.45) is 0 Å². The molecule has 1 aromatic heterocycles. The number of alkyl halides is 3. The molecule has 0 aliphatic heterocycles. The quantitative estimate of drug-likeness (QED) is 0.433. The fourth-order valence-corrected chi connectivity index (χ4v) is 3.23. The Morgan fingerprint density at radius 1 is 0.771 bits per heavy atom. The molecule has 0 atom stereocenters. The molecule has 0 fully saturated rings. The largest absolute Gasteiger partial charge is 0.416 e. The monoisotopic (exact) mass is 478 g/mol. The average Bonchev–Trinajstić information content (AvgIpc) is 2.85. The van der Waals surface area contributed by atoms with Crippen LogP contribution in [0.4, 0.5) is 24.5 Å². The van der Waals surface area contributed by atoms with Crippen molar-refractivity contribution in [1.29, 1.82) is 0 Å². The Morgan fingerprint density at radius 3 is 2.23 bits per heavy atom. The maximum atomic E-state index is 13.0. The van der Waals surface area contributed by atoms with Crippen LogP contribution in [0.2, 0.25) is 0 Å². The highest BCUT2D eigenvalue weighted by Crippen LogP contribution is 2.31. The molecule has 0 saturated heterocycles. The molecule has 2 N–H and O–H groups in total. The Kier molecular flexibility index (Phi) is 6.45. The SMILES string of the molecule is O=C(Nc1ccccc1C(=O)Nc1cccc(C(F)(F)F)c1)c1ccc(=O)n(-c2ccccc2)n1. The average molecular weight is 478 g/mol. The lowest BCUT2D eigenvalue weighted by atomic mass is 10.1. The van der Waals surface area contributed by atoms with Gasteiger partial charge in [0.05, 0.1) is 22.5 Å². The van der Waals surface area contributed by atoms with Gasteiger partial charge >= 0.3 is 6.18 Å². The Labute approximate surface area is 196 Å². The first-order chi connectivity index (χ1) is 16.7. The first-order valence-electron chi connectivity index (χ1n) is 10.3. The number of hydrogen-bond donors (Lipinski definition) is 2. The standard InChI is InChI=1S/C25H17F3N4O3/c26-25(27,28)16-7-6-8-17(15-16)29-23(34)19-11-4-5-12-20(19)30-24(35)21-13-14-22(33)32(31-21)18-9-2-1-3-10-18/h1-15H,(H,29,34)(H,30,35). The van der Waals surface area contributed by atoms with Crippen molar-refractivity contribution in [1.82, 2.24) is 9.78 Å². The third-order valence-corrected chi connectivity index (χ3v) is 4.90. The third kappa shape index (κ3) is 5.44. The van der Waals surface area contributed by atoms with Crippen molar-refractivity contribution in [2.75, 3.05) is 10.6 Å². The minimum atomic E-state index is -4.56. The number of nitrogens with one attached hydrogen (secondary N) is 2. The summed E-state index contributed by atoms with van der Waals surface area (Å²) in [6, 6.07) is 21.2. The molecule has 35 heavy (non-hydrogen) atoms. The molecule has 0 aliphatic carbocycles. The second kappa shape index (κ2) is 9.64. The van der Waals surface area contributed by atoms with Crippen LogP contribution in [-0.2, 0) is 6.18 Å². The molecule has 0 bridgehead atoms. The molecule has 0 saturated carbocycles. The van der Waals surface area contributed by atoms with Gasteiger partial charge in [-0.15, -0.1) is 0 Å². The van der Waals surface area contributed by atoms with E-state index in [-0.39, 0.29) is 22.6 Å². The highest BCUT2D eigenvalue weighted by atomic mass is 19.4. The molecule has 7 nitrogen and oxygen atoms in total. The van der Waals surface area contributed by atoms with Crippen LogP contribution in [-0.4, -0.2) is 21.6 Å². The topological polar surface area (TPSA) is 93.1 Å². The first-order valence-corrected chi connectivity index (χ1v) is 10.3. The lowest BCUT2D eigenvalue weighted by Gasteiger charge is -2.13. The van der Waals surface area contributed by atoms with Gasteiger partial charge in [0.1, 0.15) is 5.69 Å². The summed E-state index contributed by atoms with van der Waals surface area (Å²) in [5.41, 5.74) is -0.877. The number of nitrogens with zero attached hydrogens (tertiary/aromatic N) is 2. The Hall–Kier alpha value is -4.73. The Balaban J connectivity index is 1.57. The molecule has 1 heterocycles. The van der Waals surface area contributed by atoms with E-state index in [2.05, 4.69) is 15.7 Å². The van der Waals surface area contributed by atoms with Gasteiger partial charge < -0.3 is 10.6 Å². The van der Waals surface area contributed by atoms with Crippen LogP contribution >= 0.6 is 0 Å². The summed E-state index contributed by atoms with van der Waals surface area (Å²) in [6.45, 7) is 0. The predicted molar refractivity (Wildman–Crippen MR) is 124 cm³/mol. The zero-order valence-corrected chi connectivity index (χ0v) is 17.9. The van der Waals surface area contributed by atoms with Crippen molar-refractivity contribution in [2.45, 2.75) is 6.18 Å². The van der Waals surface area contributed by atoms with Crippen LogP contribution < -0.4 is 16.2 Å². The van der Waals surface area contributed by atoms with Crippen LogP contribution in [0.5, 0.6) is 0 Å². The van der Waals surface area contributed by atoms with Crippen LogP contribution in [0, 0.1) is 0 Å². The van der Waals surface area contributed by atoms with Crippen molar-refractivity contribution in [3.8, 4) is 5.69 Å². The van der Waals surface area contributed by atoms with Crippen molar-refractivity contribution in [3.05, 3.63) is 118 Å². The van der Waals surface area contributed by atoms with E-state index < -0.39 is 29.1 Å². The van der Waals surface area contributed by atoms with E-state index in [1.165, 1.54) is 36.4 Å². The molecule has 0 unspecified atom stereocenters. The van der Waals surface area contributed by atoms with Gasteiger partial charge in [0.2, 0.25) is 0 Å². The maximum Gasteiger partial charge on any atom is 0.416 e. The number of anilines is 2. The number of rotatable bonds is 5. The molecule has 176 valence electrons. The van der Waals surface area contributed by atoms with Gasteiger partial charge in [-0.1, -0.05) is 36.4 Å². The lowest BCUT2D eigenvalue weighted by molar-refractivity contribution is -0.137. The number of benzene rings is 3. The molecule has 2 amide bonds. The zero-order valence-electron chi connectivity index (χ0n) is 17.9. The van der Waals surface area contributed by atoms with Gasteiger partial charge in [0.15, 0.2) is 0 Å². The van der Waals surface area contributed by atoms with E-state index in [1.807, 2.05) is 0 Å². The summed E-state index contributed by atoms with van der Waals surface area (Å²) >= 11 is 0. The normalized spacial score (nSPS) is 11.1. The van der Waals surface area contributed by atoms with E-state index in [9.17, 15) is 27.6 Å². The van der Waals surface area contributed by atoms with Crippen molar-refractivity contribution in [3.63, 3.8) is 0 Å². The highest BCUT2D eigenvalue weighted by Gasteiger charge is 2.30. The molecule has 0 aliphatic rings. The highest BCUT2D eigenvalue weighted by molar-refractivity contribution is 6.12. The van der Waals surface area contributed by atoms with E-state index in [0.717, 1.165) is 16.8 Å². The van der Waals surface area contributed by atoms with Gasteiger partial charge in [0.25, 0.3) is 17.4 Å². The summed E-state index contributed by atoms with van der Waals surface area (Å²) < 4.78 is 40.0. The molecule has 10 heteroatoms. The maximum absolute atomic E-state index is 13.0. The minimum absolute atomic E-state index is 0.0228. The number of halogens is 3. The van der Waals surface area contributed by atoms with Crippen LogP contribution in [0.3, 0.4) is 0 Å². The van der Waals surface area contributed by atoms with Gasteiger partial charge in [-0.25, -0.2) is 0 Å². The third-order valence-electron chi connectivity index (χ3n) is 4.90. The first kappa shape index (κ1) is 23.4. The van der Waals surface area contributed by atoms with Crippen LogP contribution in [0.15, 0.2) is 95.8 Å². The summed E-state index contributed by atoms with van der Waals surface area (Å²) in [4.78, 5) is 37.8. The molecular formula is C25H17F3N4O3. The fourth-order valence-electron chi connectivity index (χ4n) is 3.23. The van der Waals surface area contributed by atoms with Crippen molar-refractivity contribution < 1.29 is 22.8 Å². The molecule has 3 aromatic carbocycles. The van der Waals surface area contributed by atoms with Crippen LogP contribution in [0.1, 0.15) is 26.4 Å². The van der Waals surface area contributed by atoms with Crippen LogP contribution in [0.25, 0.3) is 5.69 Å². The zero-order chi connectivity index (χ0) is 25.0. The molecule has 4 aromatic rings. The minimum Gasteiger partial charge on any atom is -0.322 e. The second-order valence-electron chi connectivity index (χ2n) is 7.34. The Bertz CT molecular complexity index is 1450. The van der Waals surface area contributed by atoms with E-state index in [0.29, 0.717) is 5.69 Å². The second-order valence-corrected chi connectivity index (χ2v) is 7.34. The molecule has 4 rings (SSSR count). The number of carbonyl (C=O) groups is 2. The summed E-state index contributed by atoms with van der Waals surface area (Å²) in [5, 5.41) is 9.08. The van der Waals surface area contributed by atoms with Gasteiger partial charge in [-0.3, -0.25) is 14.4 Å². The lowest BCUT2D eigenvalue weighted by Crippen LogP contribution is -2.25. The van der Waals surface area contributed by atoms with E-state index in [1.54, 1.807) is 42.5 Å². The summed E-state index contributed by atoms with van der Waals surface area (Å²) in [5.74, 6) is -1.41. The number of hydrogen-bond acceptors (Lipinski definition) is 4. The van der Waals surface area contributed by atoms with Gasteiger partial charge in [-0.2, -0.15) is 23.0 Å². The van der Waals surface area contributed by atoms with Gasteiger partial charge in [-0.05, 0) is 48.5 Å². The summed E-state index contributed by atoms with van der Waals surface area (Å²) in [7, 11) is 0. The molecule has 0 radical (unpaired) electrons. The predicted octanol–water partition coefficient (Wildman–Crippen LogP) is 4.76. The van der Waals surface area contributed by atoms with Gasteiger partial charge in [0, 0.05) is 11.8 Å². The number of carbonyl (C=O) groups excluding carboxylic acids is 2. The van der Waals surface area contributed by atoms with E-state index in [4.69, 9.17) is 0 Å². The number of aromatic nitrogens is 2. The summed E-state index contributed by atoms with van der Waals surface area (Å²) in [6.07, 6.45) is -4.56. The van der Waals surface area contributed by atoms with E-state index >= 15 is 0 Å². The Morgan fingerprint density at radius 2 is 1.49 bits per heavy atom. The molecule has 0 spiro atoms. The molecular weight excluding hydrogens is 461 g/mol. The smallest absolute Gasteiger partial charge is 0.322 e. The van der Waals surface area contributed by atoms with Crippen molar-refractivity contribution >= 4 is 23.2 Å². The number of para-hydroxylation sites is 2. The number of amides is 2.